The van der Waals surface area contributed by atoms with Gasteiger partial charge in [-0.2, -0.15) is 0 Å². The summed E-state index contributed by atoms with van der Waals surface area (Å²) in [6.07, 6.45) is 0.156. The van der Waals surface area contributed by atoms with Gasteiger partial charge in [0.2, 0.25) is 11.7 Å². The van der Waals surface area contributed by atoms with Crippen molar-refractivity contribution in [3.63, 3.8) is 0 Å². The van der Waals surface area contributed by atoms with Gasteiger partial charge in [-0.1, -0.05) is 22.9 Å². The Kier molecular flexibility index (Phi) is 8.73. The molecule has 0 aliphatic heterocycles. The van der Waals surface area contributed by atoms with Crippen LogP contribution in [0.5, 0.6) is 0 Å². The number of ketones is 1. The molecule has 0 saturated heterocycles. The maximum Gasteiger partial charge on any atom is 0.326 e. The fraction of sp³-hybridized carbons (Fsp3) is 0.273. The van der Waals surface area contributed by atoms with Gasteiger partial charge in [0, 0.05) is 27.7 Å². The first-order valence-electron chi connectivity index (χ1n) is 9.47. The summed E-state index contributed by atoms with van der Waals surface area (Å²) >= 11 is 3.28. The summed E-state index contributed by atoms with van der Waals surface area (Å²) in [4.78, 5) is 48.1. The standard InChI is InChI=1S/C22H23BrN2O5/c1-3-4-19(26)25-18-11-7-15(8-12-18)21(28)14(2)30-20(27)13-24-22(29)16-5-9-17(23)10-6-16/h5-12,14H,3-4,13H2,1-2H3,(H,24,29)(H,25,26)/t14-/m1/s1. The molecule has 0 bridgehead atoms. The molecule has 0 unspecified atom stereocenters. The minimum absolute atomic E-state index is 0.0935. The molecule has 2 aromatic rings. The molecule has 0 saturated carbocycles. The predicted molar refractivity (Wildman–Crippen MR) is 116 cm³/mol. The number of halogens is 1. The summed E-state index contributed by atoms with van der Waals surface area (Å²) in [7, 11) is 0. The number of esters is 1. The molecule has 0 aliphatic carbocycles. The first kappa shape index (κ1) is 23.3. The number of carbonyl (C=O) groups excluding carboxylic acids is 4. The number of nitrogens with one attached hydrogen (secondary N) is 2. The second-order valence-corrected chi connectivity index (χ2v) is 7.48. The van der Waals surface area contributed by atoms with Crippen LogP contribution in [-0.2, 0) is 14.3 Å². The van der Waals surface area contributed by atoms with Gasteiger partial charge in [-0.25, -0.2) is 0 Å². The highest BCUT2D eigenvalue weighted by Gasteiger charge is 2.20. The quantitative estimate of drug-likeness (QED) is 0.425. The molecule has 2 rings (SSSR count). The van der Waals surface area contributed by atoms with E-state index < -0.39 is 18.0 Å². The zero-order valence-electron chi connectivity index (χ0n) is 16.7. The van der Waals surface area contributed by atoms with Gasteiger partial charge in [-0.3, -0.25) is 19.2 Å². The van der Waals surface area contributed by atoms with Gasteiger partial charge in [0.1, 0.15) is 6.54 Å². The van der Waals surface area contributed by atoms with E-state index in [0.717, 1.165) is 10.9 Å². The minimum Gasteiger partial charge on any atom is -0.453 e. The van der Waals surface area contributed by atoms with Crippen LogP contribution in [0.4, 0.5) is 5.69 Å². The Balaban J connectivity index is 1.84. The lowest BCUT2D eigenvalue weighted by molar-refractivity contribution is -0.145. The number of amides is 2. The summed E-state index contributed by atoms with van der Waals surface area (Å²) < 4.78 is 5.95. The van der Waals surface area contributed by atoms with E-state index in [9.17, 15) is 19.2 Å². The van der Waals surface area contributed by atoms with Crippen LogP contribution in [0.2, 0.25) is 0 Å². The fourth-order valence-corrected chi connectivity index (χ4v) is 2.82. The number of Topliss-reactive ketones (excluding diaryl/α,β-unsaturated/α-hetero) is 1. The Bertz CT molecular complexity index is 910. The Morgan fingerprint density at radius 2 is 1.57 bits per heavy atom. The van der Waals surface area contributed by atoms with Gasteiger partial charge in [0.05, 0.1) is 0 Å². The van der Waals surface area contributed by atoms with Gasteiger partial charge >= 0.3 is 5.97 Å². The van der Waals surface area contributed by atoms with Gasteiger partial charge in [0.15, 0.2) is 6.10 Å². The van der Waals surface area contributed by atoms with E-state index in [-0.39, 0.29) is 18.2 Å². The second kappa shape index (κ2) is 11.3. The smallest absolute Gasteiger partial charge is 0.326 e. The molecule has 1 atom stereocenters. The number of benzene rings is 2. The van der Waals surface area contributed by atoms with E-state index in [4.69, 9.17) is 4.74 Å². The molecule has 0 aromatic heterocycles. The number of hydrogen-bond donors (Lipinski definition) is 2. The lowest BCUT2D eigenvalue weighted by Crippen LogP contribution is -2.34. The number of anilines is 1. The van der Waals surface area contributed by atoms with Crippen LogP contribution in [0.15, 0.2) is 53.0 Å². The largest absolute Gasteiger partial charge is 0.453 e. The zero-order valence-corrected chi connectivity index (χ0v) is 18.3. The van der Waals surface area contributed by atoms with Crippen molar-refractivity contribution >= 4 is 45.2 Å². The lowest BCUT2D eigenvalue weighted by atomic mass is 10.1. The van der Waals surface area contributed by atoms with E-state index in [1.807, 2.05) is 6.92 Å². The van der Waals surface area contributed by atoms with E-state index in [0.29, 0.717) is 23.2 Å². The molecule has 0 radical (unpaired) electrons. The van der Waals surface area contributed by atoms with Gasteiger partial charge in [-0.05, 0) is 61.9 Å². The summed E-state index contributed by atoms with van der Waals surface area (Å²) in [5.74, 6) is -1.61. The summed E-state index contributed by atoms with van der Waals surface area (Å²) in [5, 5.41) is 5.19. The second-order valence-electron chi connectivity index (χ2n) is 6.56. The topological polar surface area (TPSA) is 102 Å². The molecule has 0 aliphatic rings. The van der Waals surface area contributed by atoms with Crippen molar-refractivity contribution < 1.29 is 23.9 Å². The highest BCUT2D eigenvalue weighted by molar-refractivity contribution is 9.10. The third-order valence-corrected chi connectivity index (χ3v) is 4.64. The average molecular weight is 475 g/mol. The molecular formula is C22H23BrN2O5. The normalized spacial score (nSPS) is 11.3. The SMILES string of the molecule is CCCC(=O)Nc1ccc(C(=O)[C@@H](C)OC(=O)CNC(=O)c2ccc(Br)cc2)cc1. The number of ether oxygens (including phenoxy) is 1. The average Bonchev–Trinajstić information content (AvgIpc) is 2.72. The number of hydrogen-bond acceptors (Lipinski definition) is 5. The Morgan fingerprint density at radius 1 is 0.967 bits per heavy atom. The van der Waals surface area contributed by atoms with E-state index in [1.54, 1.807) is 48.5 Å². The fourth-order valence-electron chi connectivity index (χ4n) is 2.55. The van der Waals surface area contributed by atoms with Crippen molar-refractivity contribution in [2.75, 3.05) is 11.9 Å². The monoisotopic (exact) mass is 474 g/mol. The van der Waals surface area contributed by atoms with E-state index in [2.05, 4.69) is 26.6 Å². The Morgan fingerprint density at radius 3 is 2.17 bits per heavy atom. The number of carbonyl (C=O) groups is 4. The van der Waals surface area contributed by atoms with Crippen LogP contribution in [0.25, 0.3) is 0 Å². The summed E-state index contributed by atoms with van der Waals surface area (Å²) in [5.41, 5.74) is 1.34. The molecule has 7 nitrogen and oxygen atoms in total. The Labute approximate surface area is 183 Å². The maximum absolute atomic E-state index is 12.5. The summed E-state index contributed by atoms with van der Waals surface area (Å²) in [6.45, 7) is 3.03. The lowest BCUT2D eigenvalue weighted by Gasteiger charge is -2.13. The van der Waals surface area contributed by atoms with Gasteiger partial charge in [0.25, 0.3) is 5.91 Å². The molecule has 0 heterocycles. The molecular weight excluding hydrogens is 452 g/mol. The van der Waals surface area contributed by atoms with Crippen molar-refractivity contribution in [1.82, 2.24) is 5.32 Å². The highest BCUT2D eigenvalue weighted by Crippen LogP contribution is 2.13. The van der Waals surface area contributed by atoms with Crippen LogP contribution in [0.3, 0.4) is 0 Å². The van der Waals surface area contributed by atoms with Gasteiger partial charge < -0.3 is 15.4 Å². The molecule has 8 heteroatoms. The third kappa shape index (κ3) is 7.11. The molecule has 30 heavy (non-hydrogen) atoms. The van der Waals surface area contributed by atoms with Crippen molar-refractivity contribution in [3.8, 4) is 0 Å². The van der Waals surface area contributed by atoms with Crippen molar-refractivity contribution in [1.29, 1.82) is 0 Å². The molecule has 2 amide bonds. The van der Waals surface area contributed by atoms with E-state index >= 15 is 0 Å². The summed E-state index contributed by atoms with van der Waals surface area (Å²) in [6, 6.07) is 13.0. The first-order valence-corrected chi connectivity index (χ1v) is 10.3. The highest BCUT2D eigenvalue weighted by atomic mass is 79.9. The number of rotatable bonds is 9. The van der Waals surface area contributed by atoms with Crippen LogP contribution < -0.4 is 10.6 Å². The van der Waals surface area contributed by atoms with Crippen molar-refractivity contribution in [3.05, 3.63) is 64.1 Å². The van der Waals surface area contributed by atoms with Crippen LogP contribution in [0.1, 0.15) is 47.4 Å². The van der Waals surface area contributed by atoms with Crippen molar-refractivity contribution in [2.45, 2.75) is 32.8 Å². The third-order valence-electron chi connectivity index (χ3n) is 4.11. The molecule has 2 aromatic carbocycles. The molecule has 158 valence electrons. The van der Waals surface area contributed by atoms with Crippen LogP contribution >= 0.6 is 15.9 Å². The Hall–Kier alpha value is -3.00. The van der Waals surface area contributed by atoms with Crippen LogP contribution in [0, 0.1) is 0 Å². The molecule has 0 fully saturated rings. The minimum atomic E-state index is -1.01. The maximum atomic E-state index is 12.5. The van der Waals surface area contributed by atoms with Crippen LogP contribution in [-0.4, -0.2) is 36.2 Å². The van der Waals surface area contributed by atoms with Gasteiger partial charge in [-0.15, -0.1) is 0 Å². The van der Waals surface area contributed by atoms with E-state index in [1.165, 1.54) is 6.92 Å². The first-order chi connectivity index (χ1) is 14.3. The van der Waals surface area contributed by atoms with Crippen molar-refractivity contribution in [2.24, 2.45) is 0 Å². The molecule has 2 N–H and O–H groups in total. The zero-order chi connectivity index (χ0) is 22.1. The predicted octanol–water partition coefficient (Wildman–Crippen LogP) is 3.73. The molecule has 0 spiro atoms.